The highest BCUT2D eigenvalue weighted by molar-refractivity contribution is 5.63. The number of hydrogen-bond donors (Lipinski definition) is 1. The molecular formula is C24H26N4O. The Bertz CT molecular complexity index is 1010. The topological polar surface area (TPSA) is 82.7 Å². The van der Waals surface area contributed by atoms with Gasteiger partial charge in [-0.05, 0) is 31.0 Å². The van der Waals surface area contributed by atoms with Crippen molar-refractivity contribution >= 4 is 0 Å². The molecule has 0 saturated heterocycles. The summed E-state index contributed by atoms with van der Waals surface area (Å²) in [6, 6.07) is 14.0. The van der Waals surface area contributed by atoms with E-state index in [1.54, 1.807) is 18.6 Å². The van der Waals surface area contributed by atoms with Gasteiger partial charge >= 0.3 is 0 Å². The number of nitriles is 1. The molecule has 0 aliphatic carbocycles. The molecule has 3 aromatic rings. The Labute approximate surface area is 172 Å². The number of aromatic nitrogens is 3. The monoisotopic (exact) mass is 386 g/mol. The van der Waals surface area contributed by atoms with Crippen LogP contribution in [0.25, 0.3) is 11.1 Å². The summed E-state index contributed by atoms with van der Waals surface area (Å²) in [5, 5.41) is 20.9. The zero-order chi connectivity index (χ0) is 21.3. The summed E-state index contributed by atoms with van der Waals surface area (Å²) >= 11 is 0. The number of hydrogen-bond acceptors (Lipinski definition) is 5. The van der Waals surface area contributed by atoms with Crippen LogP contribution in [-0.4, -0.2) is 20.1 Å². The number of benzene rings is 1. The molecular weight excluding hydrogens is 360 g/mol. The van der Waals surface area contributed by atoms with Gasteiger partial charge in [0.1, 0.15) is 11.9 Å². The summed E-state index contributed by atoms with van der Waals surface area (Å²) in [6.45, 7) is 9.69. The van der Waals surface area contributed by atoms with Crippen molar-refractivity contribution in [3.8, 4) is 17.2 Å². The Morgan fingerprint density at radius 1 is 0.793 bits per heavy atom. The van der Waals surface area contributed by atoms with Crippen LogP contribution >= 0.6 is 0 Å². The Kier molecular flexibility index (Phi) is 5.25. The molecule has 0 bridgehead atoms. The van der Waals surface area contributed by atoms with Crippen LogP contribution in [0.4, 0.5) is 0 Å². The summed E-state index contributed by atoms with van der Waals surface area (Å²) in [7, 11) is 0. The zero-order valence-corrected chi connectivity index (χ0v) is 17.5. The maximum Gasteiger partial charge on any atom is 0.139 e. The lowest BCUT2D eigenvalue weighted by Crippen LogP contribution is -2.42. The first-order valence-corrected chi connectivity index (χ1v) is 9.56. The van der Waals surface area contributed by atoms with Gasteiger partial charge in [0.05, 0.1) is 17.2 Å². The first-order chi connectivity index (χ1) is 13.6. The molecule has 0 spiro atoms. The lowest BCUT2D eigenvalue weighted by Gasteiger charge is -2.39. The molecule has 0 aliphatic heterocycles. The van der Waals surface area contributed by atoms with Crippen LogP contribution in [0, 0.1) is 16.7 Å². The second kappa shape index (κ2) is 7.38. The highest BCUT2D eigenvalue weighted by atomic mass is 16.3. The third kappa shape index (κ3) is 3.76. The summed E-state index contributed by atoms with van der Waals surface area (Å²) in [5.74, 6) is 0. The van der Waals surface area contributed by atoms with Crippen molar-refractivity contribution in [2.45, 2.75) is 45.6 Å². The highest BCUT2D eigenvalue weighted by Gasteiger charge is 2.45. The molecule has 0 radical (unpaired) electrons. The van der Waals surface area contributed by atoms with Gasteiger partial charge in [0.25, 0.3) is 0 Å². The molecule has 1 aromatic carbocycles. The third-order valence-corrected chi connectivity index (χ3v) is 5.42. The van der Waals surface area contributed by atoms with Crippen molar-refractivity contribution in [1.29, 1.82) is 5.26 Å². The van der Waals surface area contributed by atoms with E-state index in [0.29, 0.717) is 11.3 Å². The molecule has 2 heterocycles. The van der Waals surface area contributed by atoms with Gasteiger partial charge < -0.3 is 5.11 Å². The number of nitrogens with zero attached hydrogens (tertiary/aromatic N) is 4. The number of rotatable bonds is 4. The average molecular weight is 386 g/mol. The molecule has 0 saturated carbocycles. The van der Waals surface area contributed by atoms with Crippen LogP contribution in [0.5, 0.6) is 0 Å². The summed E-state index contributed by atoms with van der Waals surface area (Å²) in [5.41, 5.74) is 1.70. The molecule has 5 heteroatoms. The maximum atomic E-state index is 11.6. The van der Waals surface area contributed by atoms with Crippen LogP contribution in [0.2, 0.25) is 0 Å². The Hall–Kier alpha value is -3.10. The van der Waals surface area contributed by atoms with E-state index in [4.69, 9.17) is 0 Å². The maximum absolute atomic E-state index is 11.6. The zero-order valence-electron chi connectivity index (χ0n) is 17.5. The number of pyridine rings is 1. The van der Waals surface area contributed by atoms with Crippen molar-refractivity contribution in [3.63, 3.8) is 0 Å². The van der Waals surface area contributed by atoms with Crippen LogP contribution in [0.1, 0.15) is 51.4 Å². The van der Waals surface area contributed by atoms with Gasteiger partial charge in [-0.25, -0.2) is 9.97 Å². The van der Waals surface area contributed by atoms with Crippen LogP contribution < -0.4 is 0 Å². The summed E-state index contributed by atoms with van der Waals surface area (Å²) < 4.78 is 0. The normalized spacial score (nSPS) is 14.1. The molecule has 29 heavy (non-hydrogen) atoms. The van der Waals surface area contributed by atoms with E-state index < -0.39 is 16.4 Å². The largest absolute Gasteiger partial charge is 0.378 e. The SMILES string of the molecule is CC(C)(C#N)c1ccc(-c2ccc(C(O)(c3cncnc3)C(C)(C)C)nc2)cc1. The van der Waals surface area contributed by atoms with E-state index in [0.717, 1.165) is 16.7 Å². The summed E-state index contributed by atoms with van der Waals surface area (Å²) in [6.07, 6.45) is 6.47. The predicted octanol–water partition coefficient (Wildman–Crippen LogP) is 4.62. The first-order valence-electron chi connectivity index (χ1n) is 9.56. The van der Waals surface area contributed by atoms with Crippen LogP contribution in [0.3, 0.4) is 0 Å². The van der Waals surface area contributed by atoms with Gasteiger partial charge in [0.15, 0.2) is 0 Å². The Balaban J connectivity index is 1.98. The van der Waals surface area contributed by atoms with Gasteiger partial charge in [-0.15, -0.1) is 0 Å². The van der Waals surface area contributed by atoms with Crippen molar-refractivity contribution in [3.05, 3.63) is 78.1 Å². The minimum absolute atomic E-state index is 0.517. The molecule has 2 aromatic heterocycles. The molecule has 1 unspecified atom stereocenters. The minimum Gasteiger partial charge on any atom is -0.378 e. The van der Waals surface area contributed by atoms with E-state index >= 15 is 0 Å². The highest BCUT2D eigenvalue weighted by Crippen LogP contribution is 2.43. The molecule has 0 fully saturated rings. The van der Waals surface area contributed by atoms with Gasteiger partial charge in [-0.3, -0.25) is 4.98 Å². The van der Waals surface area contributed by atoms with E-state index in [9.17, 15) is 10.4 Å². The fourth-order valence-electron chi connectivity index (χ4n) is 3.37. The van der Waals surface area contributed by atoms with Gasteiger partial charge in [-0.2, -0.15) is 5.26 Å². The average Bonchev–Trinajstić information content (AvgIpc) is 2.73. The summed E-state index contributed by atoms with van der Waals surface area (Å²) in [4.78, 5) is 12.7. The molecule has 5 nitrogen and oxygen atoms in total. The first kappa shape index (κ1) is 20.6. The standard InChI is InChI=1S/C24H26N4O/c1-22(2,3)24(29,20-13-26-16-27-14-20)21-11-8-18(12-28-21)17-6-9-19(10-7-17)23(4,5)15-25/h6-14,16,29H,1-5H3. The Morgan fingerprint density at radius 3 is 1.86 bits per heavy atom. The molecule has 3 rings (SSSR count). The van der Waals surface area contributed by atoms with Crippen LogP contribution in [0.15, 0.2) is 61.3 Å². The van der Waals surface area contributed by atoms with Gasteiger partial charge in [-0.1, -0.05) is 51.1 Å². The van der Waals surface area contributed by atoms with Crippen molar-refractivity contribution in [2.75, 3.05) is 0 Å². The molecule has 1 atom stereocenters. The third-order valence-electron chi connectivity index (χ3n) is 5.42. The van der Waals surface area contributed by atoms with Crippen LogP contribution in [-0.2, 0) is 11.0 Å². The van der Waals surface area contributed by atoms with E-state index in [-0.39, 0.29) is 0 Å². The number of aliphatic hydroxyl groups is 1. The fourth-order valence-corrected chi connectivity index (χ4v) is 3.37. The smallest absolute Gasteiger partial charge is 0.139 e. The quantitative estimate of drug-likeness (QED) is 0.707. The predicted molar refractivity (Wildman–Crippen MR) is 113 cm³/mol. The molecule has 148 valence electrons. The minimum atomic E-state index is -1.33. The second-order valence-corrected chi connectivity index (χ2v) is 8.83. The van der Waals surface area contributed by atoms with Crippen molar-refractivity contribution in [2.24, 2.45) is 5.41 Å². The van der Waals surface area contributed by atoms with Crippen molar-refractivity contribution < 1.29 is 5.11 Å². The van der Waals surface area contributed by atoms with Gasteiger partial charge in [0, 0.05) is 35.1 Å². The Morgan fingerprint density at radius 2 is 1.38 bits per heavy atom. The molecule has 0 aliphatic rings. The van der Waals surface area contributed by atoms with E-state index in [1.165, 1.54) is 6.33 Å². The lowest BCUT2D eigenvalue weighted by atomic mass is 9.70. The van der Waals surface area contributed by atoms with Crippen molar-refractivity contribution in [1.82, 2.24) is 15.0 Å². The van der Waals surface area contributed by atoms with Gasteiger partial charge in [0.2, 0.25) is 0 Å². The fraction of sp³-hybridized carbons (Fsp3) is 0.333. The lowest BCUT2D eigenvalue weighted by molar-refractivity contribution is -0.0301. The van der Waals surface area contributed by atoms with E-state index in [2.05, 4.69) is 21.0 Å². The van der Waals surface area contributed by atoms with E-state index in [1.807, 2.05) is 71.0 Å². The second-order valence-electron chi connectivity index (χ2n) is 8.83. The molecule has 1 N–H and O–H groups in total. The molecule has 0 amide bonds.